The first-order valence-corrected chi connectivity index (χ1v) is 10.5. The standard InChI is InChI=1S/C22H23FN4O3S/c1-4-13-27-21(15(2)30-17-11-9-16(29-3)10-12-17)25-26-22(27)31-14-20(28)24-19-8-6-5-7-18(19)23/h4-12,15H,1,13-14H2,2-3H3,(H,24,28). The SMILES string of the molecule is C=CCn1c(SCC(=O)Nc2ccccc2F)nnc1C(C)Oc1ccc(OC)cc1. The van der Waals surface area contributed by atoms with Crippen LogP contribution < -0.4 is 14.8 Å². The van der Waals surface area contributed by atoms with E-state index in [9.17, 15) is 9.18 Å². The zero-order valence-corrected chi connectivity index (χ0v) is 18.1. The Labute approximate surface area is 184 Å². The minimum Gasteiger partial charge on any atom is -0.497 e. The molecule has 1 atom stereocenters. The lowest BCUT2D eigenvalue weighted by atomic mass is 10.3. The van der Waals surface area contributed by atoms with Crippen LogP contribution in [0.4, 0.5) is 10.1 Å². The number of nitrogens with one attached hydrogen (secondary N) is 1. The highest BCUT2D eigenvalue weighted by Crippen LogP contribution is 2.26. The van der Waals surface area contributed by atoms with Crippen LogP contribution >= 0.6 is 11.8 Å². The third-order valence-corrected chi connectivity index (χ3v) is 5.24. The number of ether oxygens (including phenoxy) is 2. The van der Waals surface area contributed by atoms with E-state index in [1.54, 1.807) is 25.3 Å². The molecule has 0 bridgehead atoms. The first-order chi connectivity index (χ1) is 15.0. The molecule has 162 valence electrons. The Morgan fingerprint density at radius 3 is 2.61 bits per heavy atom. The molecule has 0 aliphatic rings. The molecule has 0 aliphatic carbocycles. The molecule has 2 aromatic carbocycles. The molecule has 1 N–H and O–H groups in total. The fourth-order valence-electron chi connectivity index (χ4n) is 2.80. The quantitative estimate of drug-likeness (QED) is 0.368. The van der Waals surface area contributed by atoms with Crippen molar-refractivity contribution in [3.8, 4) is 11.5 Å². The van der Waals surface area contributed by atoms with E-state index in [4.69, 9.17) is 9.47 Å². The molecular weight excluding hydrogens is 419 g/mol. The van der Waals surface area contributed by atoms with E-state index in [1.807, 2.05) is 35.8 Å². The predicted molar refractivity (Wildman–Crippen MR) is 118 cm³/mol. The Hall–Kier alpha value is -3.33. The number of para-hydroxylation sites is 1. The number of rotatable bonds is 10. The lowest BCUT2D eigenvalue weighted by Crippen LogP contribution is -2.16. The normalized spacial score (nSPS) is 11.6. The van der Waals surface area contributed by atoms with Crippen LogP contribution in [0.2, 0.25) is 0 Å². The topological polar surface area (TPSA) is 78.3 Å². The van der Waals surface area contributed by atoms with Crippen molar-refractivity contribution in [2.75, 3.05) is 18.2 Å². The molecule has 3 rings (SSSR count). The van der Waals surface area contributed by atoms with E-state index >= 15 is 0 Å². The van der Waals surface area contributed by atoms with Gasteiger partial charge in [0, 0.05) is 6.54 Å². The monoisotopic (exact) mass is 442 g/mol. The highest BCUT2D eigenvalue weighted by atomic mass is 32.2. The van der Waals surface area contributed by atoms with Crippen molar-refractivity contribution in [1.29, 1.82) is 0 Å². The van der Waals surface area contributed by atoms with Gasteiger partial charge in [0.2, 0.25) is 5.91 Å². The molecule has 1 heterocycles. The van der Waals surface area contributed by atoms with Crippen LogP contribution in [0.1, 0.15) is 18.9 Å². The molecule has 0 aliphatic heterocycles. The first kappa shape index (κ1) is 22.4. The number of aromatic nitrogens is 3. The summed E-state index contributed by atoms with van der Waals surface area (Å²) in [5, 5.41) is 11.5. The summed E-state index contributed by atoms with van der Waals surface area (Å²) < 4.78 is 26.7. The highest BCUT2D eigenvalue weighted by Gasteiger charge is 2.20. The predicted octanol–water partition coefficient (Wildman–Crippen LogP) is 4.48. The van der Waals surface area contributed by atoms with Crippen molar-refractivity contribution in [3.63, 3.8) is 0 Å². The van der Waals surface area contributed by atoms with Crippen LogP contribution in [0, 0.1) is 5.82 Å². The number of anilines is 1. The molecule has 7 nitrogen and oxygen atoms in total. The molecule has 0 fully saturated rings. The van der Waals surface area contributed by atoms with Gasteiger partial charge in [-0.25, -0.2) is 4.39 Å². The van der Waals surface area contributed by atoms with Crippen molar-refractivity contribution < 1.29 is 18.7 Å². The number of thioether (sulfide) groups is 1. The van der Waals surface area contributed by atoms with Gasteiger partial charge in [-0.3, -0.25) is 9.36 Å². The van der Waals surface area contributed by atoms with E-state index in [2.05, 4.69) is 22.1 Å². The maximum absolute atomic E-state index is 13.7. The molecule has 1 unspecified atom stereocenters. The van der Waals surface area contributed by atoms with Crippen LogP contribution in [-0.2, 0) is 11.3 Å². The second-order valence-corrected chi connectivity index (χ2v) is 7.43. The lowest BCUT2D eigenvalue weighted by Gasteiger charge is -2.16. The first-order valence-electron chi connectivity index (χ1n) is 9.53. The zero-order valence-electron chi connectivity index (χ0n) is 17.2. The molecule has 0 saturated carbocycles. The van der Waals surface area contributed by atoms with E-state index < -0.39 is 5.82 Å². The van der Waals surface area contributed by atoms with Gasteiger partial charge in [0.15, 0.2) is 17.1 Å². The van der Waals surface area contributed by atoms with Crippen LogP contribution in [0.15, 0.2) is 66.3 Å². The summed E-state index contributed by atoms with van der Waals surface area (Å²) in [6.07, 6.45) is 1.33. The second-order valence-electron chi connectivity index (χ2n) is 6.49. The van der Waals surface area contributed by atoms with E-state index in [-0.39, 0.29) is 23.5 Å². The molecule has 31 heavy (non-hydrogen) atoms. The summed E-state index contributed by atoms with van der Waals surface area (Å²) in [5.74, 6) is 1.24. The van der Waals surface area contributed by atoms with Gasteiger partial charge in [0.05, 0.1) is 18.6 Å². The minimum atomic E-state index is -0.484. The third kappa shape index (κ3) is 5.85. The fourth-order valence-corrected chi connectivity index (χ4v) is 3.55. The number of amides is 1. The maximum atomic E-state index is 13.7. The smallest absolute Gasteiger partial charge is 0.234 e. The Morgan fingerprint density at radius 1 is 1.23 bits per heavy atom. The second kappa shape index (κ2) is 10.6. The van der Waals surface area contributed by atoms with Crippen molar-refractivity contribution in [2.45, 2.75) is 24.7 Å². The number of allylic oxidation sites excluding steroid dienone is 1. The van der Waals surface area contributed by atoms with E-state index in [0.717, 1.165) is 5.75 Å². The van der Waals surface area contributed by atoms with Crippen molar-refractivity contribution in [1.82, 2.24) is 14.8 Å². The molecule has 0 radical (unpaired) electrons. The number of carbonyl (C=O) groups excluding carboxylic acids is 1. The summed E-state index contributed by atoms with van der Waals surface area (Å²) in [4.78, 5) is 12.2. The molecular formula is C22H23FN4O3S. The summed E-state index contributed by atoms with van der Waals surface area (Å²) in [6.45, 7) is 6.10. The number of benzene rings is 2. The number of hydrogen-bond donors (Lipinski definition) is 1. The number of halogens is 1. The van der Waals surface area contributed by atoms with Gasteiger partial charge in [0.1, 0.15) is 17.3 Å². The van der Waals surface area contributed by atoms with Gasteiger partial charge in [-0.1, -0.05) is 30.0 Å². The fraction of sp³-hybridized carbons (Fsp3) is 0.227. The van der Waals surface area contributed by atoms with Gasteiger partial charge in [-0.2, -0.15) is 0 Å². The average Bonchev–Trinajstić information content (AvgIpc) is 3.17. The summed E-state index contributed by atoms with van der Waals surface area (Å²) in [5.41, 5.74) is 0.142. The van der Waals surface area contributed by atoms with E-state index in [0.29, 0.717) is 23.3 Å². The highest BCUT2D eigenvalue weighted by molar-refractivity contribution is 7.99. The Kier molecular flexibility index (Phi) is 7.66. The summed E-state index contributed by atoms with van der Waals surface area (Å²) in [6, 6.07) is 13.3. The minimum absolute atomic E-state index is 0.0529. The molecule has 0 saturated heterocycles. The molecule has 3 aromatic rings. The number of hydrogen-bond acceptors (Lipinski definition) is 6. The molecule has 1 aromatic heterocycles. The largest absolute Gasteiger partial charge is 0.497 e. The van der Waals surface area contributed by atoms with Crippen LogP contribution in [0.3, 0.4) is 0 Å². The average molecular weight is 443 g/mol. The van der Waals surface area contributed by atoms with Crippen molar-refractivity contribution in [3.05, 3.63) is 72.8 Å². The van der Waals surface area contributed by atoms with Gasteiger partial charge in [0.25, 0.3) is 0 Å². The lowest BCUT2D eigenvalue weighted by molar-refractivity contribution is -0.113. The van der Waals surface area contributed by atoms with Crippen LogP contribution in [0.5, 0.6) is 11.5 Å². The van der Waals surface area contributed by atoms with Crippen molar-refractivity contribution in [2.24, 2.45) is 0 Å². The summed E-state index contributed by atoms with van der Waals surface area (Å²) in [7, 11) is 1.60. The van der Waals surface area contributed by atoms with Gasteiger partial charge in [-0.15, -0.1) is 16.8 Å². The molecule has 1 amide bonds. The molecule has 9 heteroatoms. The Morgan fingerprint density at radius 2 is 1.94 bits per heavy atom. The van der Waals surface area contributed by atoms with Gasteiger partial charge >= 0.3 is 0 Å². The van der Waals surface area contributed by atoms with E-state index in [1.165, 1.54) is 23.9 Å². The van der Waals surface area contributed by atoms with Gasteiger partial charge in [-0.05, 0) is 43.3 Å². The van der Waals surface area contributed by atoms with Crippen molar-refractivity contribution >= 4 is 23.4 Å². The number of methoxy groups -OCH3 is 1. The maximum Gasteiger partial charge on any atom is 0.234 e. The zero-order chi connectivity index (χ0) is 22.2. The summed E-state index contributed by atoms with van der Waals surface area (Å²) >= 11 is 1.20. The van der Waals surface area contributed by atoms with Crippen LogP contribution in [-0.4, -0.2) is 33.5 Å². The Bertz CT molecular complexity index is 1040. The molecule has 0 spiro atoms. The number of nitrogens with zero attached hydrogens (tertiary/aromatic N) is 3. The van der Waals surface area contributed by atoms with Crippen LogP contribution in [0.25, 0.3) is 0 Å². The van der Waals surface area contributed by atoms with Gasteiger partial charge < -0.3 is 14.8 Å². The third-order valence-electron chi connectivity index (χ3n) is 4.27. The Balaban J connectivity index is 1.66. The number of carbonyl (C=O) groups is 1.